The van der Waals surface area contributed by atoms with Crippen LogP contribution in [0.15, 0.2) is 0 Å². The Hall–Kier alpha value is 0.392. The van der Waals surface area contributed by atoms with Gasteiger partial charge in [-0.1, -0.05) is 6.92 Å². The van der Waals surface area contributed by atoms with Gasteiger partial charge in [-0.2, -0.15) is 0 Å². The van der Waals surface area contributed by atoms with Gasteiger partial charge >= 0.3 is 5.97 Å². The Morgan fingerprint density at radius 3 is 2.25 bits per heavy atom. The molecule has 0 aliphatic heterocycles. The summed E-state index contributed by atoms with van der Waals surface area (Å²) in [7, 11) is 0. The van der Waals surface area contributed by atoms with Crippen molar-refractivity contribution >= 4 is 33.3 Å². The second kappa shape index (κ2) is 7.39. The molecule has 0 fully saturated rings. The van der Waals surface area contributed by atoms with Crippen molar-refractivity contribution in [3.8, 4) is 0 Å². The van der Waals surface area contributed by atoms with Crippen LogP contribution in [0.4, 0.5) is 0 Å². The third kappa shape index (κ3) is 9.63. The Labute approximate surface area is 69.8 Å². The second-order valence-electron chi connectivity index (χ2n) is 1.34. The van der Waals surface area contributed by atoms with Gasteiger partial charge in [0.1, 0.15) is 0 Å². The van der Waals surface area contributed by atoms with Crippen molar-refractivity contribution in [2.45, 2.75) is 20.3 Å². The summed E-state index contributed by atoms with van der Waals surface area (Å²) >= 11 is 0. The van der Waals surface area contributed by atoms with Crippen molar-refractivity contribution in [1.82, 2.24) is 0 Å². The molecule has 0 N–H and O–H groups in total. The molecule has 0 aromatic carbocycles. The normalized spacial score (nSPS) is 7.25. The molecule has 0 spiro atoms. The molecule has 0 saturated carbocycles. The molecule has 0 aromatic rings. The van der Waals surface area contributed by atoms with E-state index in [4.69, 9.17) is 0 Å². The molecule has 0 aromatic heterocycles. The largest absolute Gasteiger partial charge is 0.466 e. The Morgan fingerprint density at radius 1 is 1.62 bits per heavy atom. The first-order valence-electron chi connectivity index (χ1n) is 2.40. The van der Waals surface area contributed by atoms with Crippen molar-refractivity contribution < 1.29 is 9.53 Å². The van der Waals surface area contributed by atoms with Crippen LogP contribution in [-0.4, -0.2) is 39.9 Å². The Balaban J connectivity index is 0. The van der Waals surface area contributed by atoms with Crippen LogP contribution in [0.25, 0.3) is 0 Å². The molecule has 0 atom stereocenters. The molecule has 0 saturated heterocycles. The van der Waals surface area contributed by atoms with Crippen LogP contribution in [0.2, 0.25) is 0 Å². The van der Waals surface area contributed by atoms with E-state index in [-0.39, 0.29) is 33.3 Å². The maximum Gasteiger partial charge on any atom is 0.302 e. The number of rotatable bonds is 2. The molecule has 0 aliphatic rings. The average molecular weight is 309 g/mol. The molecule has 0 heterocycles. The summed E-state index contributed by atoms with van der Waals surface area (Å²) in [5, 5.41) is 0. The van der Waals surface area contributed by atoms with Crippen LogP contribution in [0.5, 0.6) is 0 Å². The van der Waals surface area contributed by atoms with Crippen molar-refractivity contribution in [1.29, 1.82) is 0 Å². The van der Waals surface area contributed by atoms with E-state index in [1.165, 1.54) is 6.92 Å². The number of ether oxygens (including phenoxy) is 1. The molecular weight excluding hydrogens is 299 g/mol. The predicted octanol–water partition coefficient (Wildman–Crippen LogP) is 0.579. The monoisotopic (exact) mass is 310 g/mol. The molecule has 0 rings (SSSR count). The van der Waals surface area contributed by atoms with Gasteiger partial charge in [0.25, 0.3) is 0 Å². The molecule has 8 heavy (non-hydrogen) atoms. The summed E-state index contributed by atoms with van der Waals surface area (Å²) in [4.78, 5) is 9.98. The predicted molar refractivity (Wildman–Crippen MR) is 32.7 cm³/mol. The van der Waals surface area contributed by atoms with E-state index in [0.29, 0.717) is 6.61 Å². The first kappa shape index (κ1) is 11.2. The average Bonchev–Trinajstić information content (AvgIpc) is 1.61. The van der Waals surface area contributed by atoms with Gasteiger partial charge in [-0.25, -0.2) is 0 Å². The summed E-state index contributed by atoms with van der Waals surface area (Å²) in [6.07, 6.45) is 0.902. The van der Waals surface area contributed by atoms with Crippen molar-refractivity contribution in [2.75, 3.05) is 6.61 Å². The zero-order valence-electron chi connectivity index (χ0n) is 5.23. The van der Waals surface area contributed by atoms with Crippen LogP contribution >= 0.6 is 0 Å². The quantitative estimate of drug-likeness (QED) is 0.551. The Bertz CT molecular complexity index is 63.4. The third-order valence-corrected chi connectivity index (χ3v) is 0.509. The standard InChI is InChI=1S/C5H10O2.Pb/c1-3-4-7-5(2)6;/h3-4H2,1-2H3;. The van der Waals surface area contributed by atoms with Crippen molar-refractivity contribution in [3.63, 3.8) is 0 Å². The number of hydrogen-bond donors (Lipinski definition) is 0. The van der Waals surface area contributed by atoms with E-state index in [1.807, 2.05) is 6.92 Å². The minimum absolute atomic E-state index is 0. The van der Waals surface area contributed by atoms with Crippen LogP contribution in [0.1, 0.15) is 20.3 Å². The van der Waals surface area contributed by atoms with Gasteiger partial charge in [-0.15, -0.1) is 0 Å². The van der Waals surface area contributed by atoms with Crippen LogP contribution < -0.4 is 0 Å². The summed E-state index contributed by atoms with van der Waals surface area (Å²) in [5.41, 5.74) is 0. The fraction of sp³-hybridized carbons (Fsp3) is 0.800. The van der Waals surface area contributed by atoms with Crippen LogP contribution in [0.3, 0.4) is 0 Å². The maximum absolute atomic E-state index is 9.98. The van der Waals surface area contributed by atoms with E-state index in [2.05, 4.69) is 4.74 Å². The van der Waals surface area contributed by atoms with E-state index in [9.17, 15) is 4.79 Å². The molecule has 0 bridgehead atoms. The number of carbonyl (C=O) groups excluding carboxylic acids is 1. The van der Waals surface area contributed by atoms with Gasteiger partial charge < -0.3 is 4.74 Å². The van der Waals surface area contributed by atoms with Gasteiger partial charge in [0.05, 0.1) is 6.61 Å². The molecule has 0 aliphatic carbocycles. The van der Waals surface area contributed by atoms with Crippen molar-refractivity contribution in [2.24, 2.45) is 0 Å². The summed E-state index contributed by atoms with van der Waals surface area (Å²) < 4.78 is 4.55. The second-order valence-corrected chi connectivity index (χ2v) is 1.34. The minimum atomic E-state index is -0.193. The summed E-state index contributed by atoms with van der Waals surface area (Å²) in [6, 6.07) is 0. The molecule has 0 unspecified atom stereocenters. The minimum Gasteiger partial charge on any atom is -0.466 e. The van der Waals surface area contributed by atoms with Gasteiger partial charge in [0.2, 0.25) is 0 Å². The zero-order valence-corrected chi connectivity index (χ0v) is 9.12. The van der Waals surface area contributed by atoms with Crippen LogP contribution in [-0.2, 0) is 9.53 Å². The zero-order chi connectivity index (χ0) is 5.70. The number of carbonyl (C=O) groups is 1. The van der Waals surface area contributed by atoms with E-state index in [0.717, 1.165) is 6.42 Å². The summed E-state index contributed by atoms with van der Waals surface area (Å²) in [6.45, 7) is 3.92. The molecule has 2 nitrogen and oxygen atoms in total. The number of esters is 1. The van der Waals surface area contributed by atoms with Gasteiger partial charge in [0.15, 0.2) is 0 Å². The third-order valence-electron chi connectivity index (χ3n) is 0.509. The maximum atomic E-state index is 9.98. The first-order valence-corrected chi connectivity index (χ1v) is 2.40. The molecule has 4 radical (unpaired) electrons. The summed E-state index contributed by atoms with van der Waals surface area (Å²) in [5.74, 6) is -0.193. The number of hydrogen-bond acceptors (Lipinski definition) is 2. The topological polar surface area (TPSA) is 26.3 Å². The molecule has 0 amide bonds. The fourth-order valence-corrected chi connectivity index (χ4v) is 0.246. The Kier molecular flexibility index (Phi) is 10.4. The van der Waals surface area contributed by atoms with Gasteiger partial charge in [-0.05, 0) is 6.42 Å². The first-order chi connectivity index (χ1) is 3.27. The van der Waals surface area contributed by atoms with Gasteiger partial charge in [0, 0.05) is 34.2 Å². The Morgan fingerprint density at radius 2 is 2.12 bits per heavy atom. The van der Waals surface area contributed by atoms with Gasteiger partial charge in [-0.3, -0.25) is 4.79 Å². The van der Waals surface area contributed by atoms with E-state index >= 15 is 0 Å². The smallest absolute Gasteiger partial charge is 0.302 e. The van der Waals surface area contributed by atoms with E-state index in [1.54, 1.807) is 0 Å². The molecule has 3 heteroatoms. The van der Waals surface area contributed by atoms with E-state index < -0.39 is 0 Å². The molecular formula is C5H10O2Pb. The van der Waals surface area contributed by atoms with Crippen LogP contribution in [0, 0.1) is 0 Å². The fourth-order valence-electron chi connectivity index (χ4n) is 0.246. The molecule has 46 valence electrons. The van der Waals surface area contributed by atoms with Crippen molar-refractivity contribution in [3.05, 3.63) is 0 Å². The SMILES string of the molecule is CCCOC(C)=O.[Pb].